The number of aryl methyl sites for hydroxylation is 1. The Kier molecular flexibility index (Phi) is 3.31. The number of hydrogen-bond acceptors (Lipinski definition) is 4. The molecule has 2 atom stereocenters. The third kappa shape index (κ3) is 2.40. The lowest BCUT2D eigenvalue weighted by atomic mass is 9.83. The van der Waals surface area contributed by atoms with Crippen molar-refractivity contribution in [3.8, 4) is 0 Å². The number of piperidine rings is 3. The van der Waals surface area contributed by atoms with Crippen LogP contribution in [0.25, 0.3) is 0 Å². The molecule has 2 aromatic rings. The maximum atomic E-state index is 5.67. The lowest BCUT2D eigenvalue weighted by molar-refractivity contribution is 0.0673. The molecule has 0 amide bonds. The van der Waals surface area contributed by atoms with Crippen LogP contribution >= 0.6 is 0 Å². The van der Waals surface area contributed by atoms with Gasteiger partial charge < -0.3 is 13.9 Å². The zero-order valence-corrected chi connectivity index (χ0v) is 12.4. The third-order valence-corrected chi connectivity index (χ3v) is 4.98. The Morgan fingerprint density at radius 3 is 2.81 bits per heavy atom. The van der Waals surface area contributed by atoms with Crippen molar-refractivity contribution in [3.05, 3.63) is 42.4 Å². The fraction of sp³-hybridized carbons (Fsp3) is 0.562. The van der Waals surface area contributed by atoms with E-state index < -0.39 is 0 Å². The Balaban J connectivity index is 1.60. The molecule has 21 heavy (non-hydrogen) atoms. The molecule has 112 valence electrons. The van der Waals surface area contributed by atoms with Gasteiger partial charge in [-0.2, -0.15) is 0 Å². The minimum atomic E-state index is 0.0329. The molecule has 5 rings (SSSR count). The molecule has 0 spiro atoms. The Hall–Kier alpha value is -1.59. The largest absolute Gasteiger partial charge is 0.467 e. The van der Waals surface area contributed by atoms with Gasteiger partial charge in [0.25, 0.3) is 0 Å². The van der Waals surface area contributed by atoms with Gasteiger partial charge in [0.1, 0.15) is 17.6 Å². The first kappa shape index (κ1) is 13.1. The summed E-state index contributed by atoms with van der Waals surface area (Å²) in [6.45, 7) is 3.67. The summed E-state index contributed by atoms with van der Waals surface area (Å²) in [6, 6.07) is 4.54. The van der Waals surface area contributed by atoms with Crippen LogP contribution in [0.3, 0.4) is 0 Å². The SMILES string of the molecule is Cn1ccnc1C(NC1CN2CCC1CC2)c1ccco1. The topological polar surface area (TPSA) is 46.2 Å². The molecule has 5 heteroatoms. The van der Waals surface area contributed by atoms with E-state index in [9.17, 15) is 0 Å². The van der Waals surface area contributed by atoms with Gasteiger partial charge in [0.15, 0.2) is 0 Å². The predicted octanol–water partition coefficient (Wildman–Crippen LogP) is 1.79. The second-order valence-corrected chi connectivity index (χ2v) is 6.26. The van der Waals surface area contributed by atoms with E-state index in [-0.39, 0.29) is 6.04 Å². The summed E-state index contributed by atoms with van der Waals surface area (Å²) >= 11 is 0. The second-order valence-electron chi connectivity index (χ2n) is 6.26. The molecule has 5 nitrogen and oxygen atoms in total. The fourth-order valence-electron chi connectivity index (χ4n) is 3.76. The van der Waals surface area contributed by atoms with Gasteiger partial charge in [-0.1, -0.05) is 0 Å². The van der Waals surface area contributed by atoms with Gasteiger partial charge in [-0.15, -0.1) is 0 Å². The van der Waals surface area contributed by atoms with Crippen LogP contribution < -0.4 is 5.32 Å². The average Bonchev–Trinajstić information content (AvgIpc) is 3.18. The van der Waals surface area contributed by atoms with Crippen molar-refractivity contribution in [1.82, 2.24) is 19.8 Å². The molecule has 3 aliphatic heterocycles. The molecule has 0 saturated carbocycles. The summed E-state index contributed by atoms with van der Waals surface area (Å²) in [7, 11) is 2.04. The highest BCUT2D eigenvalue weighted by Gasteiger charge is 2.36. The molecule has 0 radical (unpaired) electrons. The summed E-state index contributed by atoms with van der Waals surface area (Å²) in [6.07, 6.45) is 8.20. The van der Waals surface area contributed by atoms with Crippen LogP contribution in [0, 0.1) is 5.92 Å². The molecule has 3 saturated heterocycles. The number of nitrogens with zero attached hydrogens (tertiary/aromatic N) is 3. The van der Waals surface area contributed by atoms with Crippen LogP contribution in [0.2, 0.25) is 0 Å². The van der Waals surface area contributed by atoms with Crippen molar-refractivity contribution in [1.29, 1.82) is 0 Å². The molecular formula is C16H22N4O. The van der Waals surface area contributed by atoms with Crippen LogP contribution in [-0.4, -0.2) is 40.1 Å². The minimum Gasteiger partial charge on any atom is -0.467 e. The summed E-state index contributed by atoms with van der Waals surface area (Å²) in [4.78, 5) is 7.09. The molecule has 1 N–H and O–H groups in total. The van der Waals surface area contributed by atoms with E-state index in [2.05, 4.69) is 19.8 Å². The monoisotopic (exact) mass is 286 g/mol. The van der Waals surface area contributed by atoms with E-state index in [1.807, 2.05) is 31.6 Å². The van der Waals surface area contributed by atoms with E-state index in [1.54, 1.807) is 6.26 Å². The van der Waals surface area contributed by atoms with E-state index in [0.29, 0.717) is 6.04 Å². The van der Waals surface area contributed by atoms with Crippen molar-refractivity contribution in [2.75, 3.05) is 19.6 Å². The molecule has 3 fully saturated rings. The molecular weight excluding hydrogens is 264 g/mol. The molecule has 0 aliphatic carbocycles. The number of hydrogen-bond donors (Lipinski definition) is 1. The van der Waals surface area contributed by atoms with Crippen molar-refractivity contribution >= 4 is 0 Å². The highest BCUT2D eigenvalue weighted by molar-refractivity contribution is 5.16. The molecule has 2 bridgehead atoms. The van der Waals surface area contributed by atoms with Gasteiger partial charge in [-0.25, -0.2) is 4.98 Å². The van der Waals surface area contributed by atoms with Crippen LogP contribution in [0.15, 0.2) is 35.2 Å². The number of rotatable bonds is 4. The minimum absolute atomic E-state index is 0.0329. The summed E-state index contributed by atoms with van der Waals surface area (Å²) in [5.41, 5.74) is 0. The molecule has 2 unspecified atom stereocenters. The molecule has 3 aliphatic rings. The fourth-order valence-corrected chi connectivity index (χ4v) is 3.76. The van der Waals surface area contributed by atoms with E-state index in [1.165, 1.54) is 25.9 Å². The lowest BCUT2D eigenvalue weighted by Crippen LogP contribution is -2.56. The van der Waals surface area contributed by atoms with Crippen LogP contribution in [0.4, 0.5) is 0 Å². The highest BCUT2D eigenvalue weighted by Crippen LogP contribution is 2.30. The van der Waals surface area contributed by atoms with E-state index in [0.717, 1.165) is 24.0 Å². The molecule has 0 aromatic carbocycles. The van der Waals surface area contributed by atoms with Gasteiger partial charge >= 0.3 is 0 Å². The summed E-state index contributed by atoms with van der Waals surface area (Å²) in [5.74, 6) is 2.75. The summed E-state index contributed by atoms with van der Waals surface area (Å²) < 4.78 is 7.74. The number of aromatic nitrogens is 2. The second kappa shape index (κ2) is 5.31. The third-order valence-electron chi connectivity index (χ3n) is 4.98. The molecule has 2 aromatic heterocycles. The zero-order valence-electron chi connectivity index (χ0n) is 12.4. The van der Waals surface area contributed by atoms with Crippen molar-refractivity contribution in [3.63, 3.8) is 0 Å². The van der Waals surface area contributed by atoms with Crippen molar-refractivity contribution in [2.45, 2.75) is 24.9 Å². The quantitative estimate of drug-likeness (QED) is 0.931. The standard InChI is InChI=1S/C16H22N4O/c1-19-9-6-17-16(19)15(14-3-2-10-21-14)18-13-11-20-7-4-12(13)5-8-20/h2-3,6,9-10,12-13,15,18H,4-5,7-8,11H2,1H3. The smallest absolute Gasteiger partial charge is 0.133 e. The van der Waals surface area contributed by atoms with E-state index in [4.69, 9.17) is 4.42 Å². The van der Waals surface area contributed by atoms with Crippen LogP contribution in [0.1, 0.15) is 30.5 Å². The van der Waals surface area contributed by atoms with Crippen molar-refractivity contribution in [2.24, 2.45) is 13.0 Å². The van der Waals surface area contributed by atoms with E-state index >= 15 is 0 Å². The van der Waals surface area contributed by atoms with Gasteiger partial charge in [0.05, 0.1) is 6.26 Å². The zero-order chi connectivity index (χ0) is 14.2. The lowest BCUT2D eigenvalue weighted by Gasteiger charge is -2.46. The first-order chi connectivity index (χ1) is 10.3. The maximum Gasteiger partial charge on any atom is 0.133 e. The van der Waals surface area contributed by atoms with Crippen LogP contribution in [-0.2, 0) is 7.05 Å². The van der Waals surface area contributed by atoms with Gasteiger partial charge in [0.2, 0.25) is 0 Å². The van der Waals surface area contributed by atoms with Crippen molar-refractivity contribution < 1.29 is 4.42 Å². The molecule has 5 heterocycles. The normalized spacial score (nSPS) is 29.7. The van der Waals surface area contributed by atoms with Gasteiger partial charge in [-0.3, -0.25) is 5.32 Å². The van der Waals surface area contributed by atoms with Gasteiger partial charge in [-0.05, 0) is 44.0 Å². The summed E-state index contributed by atoms with van der Waals surface area (Å²) in [5, 5.41) is 3.81. The first-order valence-electron chi connectivity index (χ1n) is 7.80. The number of imidazole rings is 1. The number of nitrogens with one attached hydrogen (secondary N) is 1. The average molecular weight is 286 g/mol. The number of fused-ring (bicyclic) bond motifs is 3. The Bertz CT molecular complexity index is 583. The highest BCUT2D eigenvalue weighted by atomic mass is 16.3. The number of furan rings is 1. The first-order valence-corrected chi connectivity index (χ1v) is 7.80. The maximum absolute atomic E-state index is 5.67. The Morgan fingerprint density at radius 1 is 1.38 bits per heavy atom. The van der Waals surface area contributed by atoms with Gasteiger partial charge in [0, 0.05) is 32.0 Å². The van der Waals surface area contributed by atoms with Crippen LogP contribution in [0.5, 0.6) is 0 Å². The Morgan fingerprint density at radius 2 is 2.24 bits per heavy atom. The predicted molar refractivity (Wildman–Crippen MR) is 79.8 cm³/mol. The Labute approximate surface area is 125 Å².